The largest absolute Gasteiger partial charge is 0.497 e. The number of hydrogen-bond donors (Lipinski definition) is 1. The summed E-state index contributed by atoms with van der Waals surface area (Å²) in [6.45, 7) is 9.02. The molecule has 48 heavy (non-hydrogen) atoms. The minimum atomic E-state index is -4.27. The van der Waals surface area contributed by atoms with E-state index in [1.165, 1.54) is 17.0 Å². The molecule has 0 saturated carbocycles. The first-order chi connectivity index (χ1) is 22.8. The number of sulfonamides is 1. The maximum absolute atomic E-state index is 14.8. The van der Waals surface area contributed by atoms with Gasteiger partial charge in [-0.2, -0.15) is 0 Å². The Bertz CT molecular complexity index is 1790. The van der Waals surface area contributed by atoms with E-state index < -0.39 is 34.1 Å². The first kappa shape index (κ1) is 36.0. The van der Waals surface area contributed by atoms with E-state index >= 15 is 0 Å². The molecule has 4 rings (SSSR count). The molecule has 9 nitrogen and oxygen atoms in total. The van der Waals surface area contributed by atoms with Gasteiger partial charge in [-0.3, -0.25) is 13.9 Å². The van der Waals surface area contributed by atoms with E-state index in [1.807, 2.05) is 70.2 Å². The number of ether oxygens (including phenoxy) is 2. The normalized spacial score (nSPS) is 12.1. The van der Waals surface area contributed by atoms with Crippen LogP contribution >= 0.6 is 0 Å². The lowest BCUT2D eigenvalue weighted by Gasteiger charge is -2.35. The minimum absolute atomic E-state index is 0.0244. The van der Waals surface area contributed by atoms with Crippen LogP contribution in [0, 0.1) is 6.92 Å². The predicted octanol–water partition coefficient (Wildman–Crippen LogP) is 6.15. The first-order valence-electron chi connectivity index (χ1n) is 15.9. The number of carbonyl (C=O) groups is 2. The number of rotatable bonds is 14. The van der Waals surface area contributed by atoms with Gasteiger partial charge in [-0.1, -0.05) is 72.3 Å². The number of carbonyl (C=O) groups excluding carboxylic acids is 2. The number of anilines is 1. The average molecular weight is 672 g/mol. The van der Waals surface area contributed by atoms with Crippen molar-refractivity contribution < 1.29 is 27.5 Å². The SMILES string of the molecule is CCOc1ccccc1N(CC(=O)N(Cc1cccc(OC)c1)C(Cc1ccccc1)C(=O)NC(C)(C)C)S(=O)(=O)c1ccc(C)cc1. The Labute approximate surface area is 284 Å². The van der Waals surface area contributed by atoms with Crippen molar-refractivity contribution in [2.24, 2.45) is 0 Å². The number of methoxy groups -OCH3 is 1. The molecule has 4 aromatic rings. The zero-order chi connectivity index (χ0) is 34.9. The molecule has 0 radical (unpaired) electrons. The van der Waals surface area contributed by atoms with Crippen LogP contribution in [0.4, 0.5) is 5.69 Å². The van der Waals surface area contributed by atoms with E-state index in [0.29, 0.717) is 17.1 Å². The van der Waals surface area contributed by atoms with Crippen LogP contribution < -0.4 is 19.1 Å². The van der Waals surface area contributed by atoms with Crippen LogP contribution in [-0.4, -0.2) is 57.0 Å². The summed E-state index contributed by atoms with van der Waals surface area (Å²) in [5.74, 6) is -0.0166. The summed E-state index contributed by atoms with van der Waals surface area (Å²) in [4.78, 5) is 30.3. The Morgan fingerprint density at radius 2 is 1.50 bits per heavy atom. The Kier molecular flexibility index (Phi) is 11.9. The fraction of sp³-hybridized carbons (Fsp3) is 0.316. The number of nitrogens with one attached hydrogen (secondary N) is 1. The van der Waals surface area contributed by atoms with Gasteiger partial charge in [0.1, 0.15) is 24.1 Å². The van der Waals surface area contributed by atoms with Gasteiger partial charge in [0.05, 0.1) is 24.3 Å². The fourth-order valence-corrected chi connectivity index (χ4v) is 6.69. The molecule has 10 heteroatoms. The van der Waals surface area contributed by atoms with Gasteiger partial charge in [0.15, 0.2) is 0 Å². The van der Waals surface area contributed by atoms with Gasteiger partial charge >= 0.3 is 0 Å². The van der Waals surface area contributed by atoms with Crippen LogP contribution in [0.25, 0.3) is 0 Å². The fourth-order valence-electron chi connectivity index (χ4n) is 5.27. The van der Waals surface area contributed by atoms with Crippen LogP contribution in [0.2, 0.25) is 0 Å². The molecule has 0 saturated heterocycles. The van der Waals surface area contributed by atoms with E-state index in [9.17, 15) is 18.0 Å². The summed E-state index contributed by atoms with van der Waals surface area (Å²) < 4.78 is 41.1. The smallest absolute Gasteiger partial charge is 0.264 e. The zero-order valence-electron chi connectivity index (χ0n) is 28.5. The Balaban J connectivity index is 1.86. The minimum Gasteiger partial charge on any atom is -0.497 e. The molecule has 0 bridgehead atoms. The average Bonchev–Trinajstić information content (AvgIpc) is 3.05. The number of nitrogens with zero attached hydrogens (tertiary/aromatic N) is 2. The maximum atomic E-state index is 14.8. The van der Waals surface area contributed by atoms with Crippen LogP contribution in [0.1, 0.15) is 44.4 Å². The number of hydrogen-bond acceptors (Lipinski definition) is 6. The van der Waals surface area contributed by atoms with Crippen LogP contribution in [0.15, 0.2) is 108 Å². The van der Waals surface area contributed by atoms with Gasteiger partial charge in [-0.15, -0.1) is 0 Å². The second kappa shape index (κ2) is 15.8. The van der Waals surface area contributed by atoms with Gasteiger partial charge < -0.3 is 19.7 Å². The quantitative estimate of drug-likeness (QED) is 0.172. The standard InChI is InChI=1S/C38H45N3O6S/c1-7-47-35-19-12-11-18-33(35)41(48(44,45)32-22-20-28(2)21-23-32)27-36(42)40(26-30-16-13-17-31(24-30)46-6)34(37(43)39-38(3,4)5)25-29-14-9-8-10-15-29/h8-24,34H,7,25-27H2,1-6H3,(H,39,43). The summed E-state index contributed by atoms with van der Waals surface area (Å²) in [6, 6.07) is 28.9. The van der Waals surface area contributed by atoms with Crippen LogP contribution in [0.5, 0.6) is 11.5 Å². The molecule has 0 aliphatic rings. The predicted molar refractivity (Wildman–Crippen MR) is 189 cm³/mol. The van der Waals surface area contributed by atoms with Crippen molar-refractivity contribution in [2.75, 3.05) is 24.6 Å². The monoisotopic (exact) mass is 671 g/mol. The third-order valence-electron chi connectivity index (χ3n) is 7.58. The third-order valence-corrected chi connectivity index (χ3v) is 9.35. The molecule has 254 valence electrons. The summed E-state index contributed by atoms with van der Waals surface area (Å²) in [6.07, 6.45) is 0.207. The van der Waals surface area contributed by atoms with Crippen LogP contribution in [-0.2, 0) is 32.6 Å². The van der Waals surface area contributed by atoms with Crippen molar-refractivity contribution in [1.29, 1.82) is 0 Å². The molecule has 1 atom stereocenters. The molecule has 0 spiro atoms. The highest BCUT2D eigenvalue weighted by molar-refractivity contribution is 7.92. The Morgan fingerprint density at radius 1 is 0.854 bits per heavy atom. The topological polar surface area (TPSA) is 105 Å². The molecule has 0 fully saturated rings. The van der Waals surface area contributed by atoms with Gasteiger partial charge in [0.2, 0.25) is 11.8 Å². The van der Waals surface area contributed by atoms with Crippen molar-refractivity contribution in [1.82, 2.24) is 10.2 Å². The van der Waals surface area contributed by atoms with E-state index in [-0.39, 0.29) is 36.1 Å². The lowest BCUT2D eigenvalue weighted by molar-refractivity contribution is -0.140. The number of para-hydroxylation sites is 2. The second-order valence-electron chi connectivity index (χ2n) is 12.5. The first-order valence-corrected chi connectivity index (χ1v) is 17.4. The van der Waals surface area contributed by atoms with Crippen LogP contribution in [0.3, 0.4) is 0 Å². The molecule has 1 unspecified atom stereocenters. The lowest BCUT2D eigenvalue weighted by Crippen LogP contribution is -2.56. The van der Waals surface area contributed by atoms with E-state index in [1.54, 1.807) is 62.6 Å². The third kappa shape index (κ3) is 9.38. The highest BCUT2D eigenvalue weighted by Gasteiger charge is 2.36. The molecule has 1 N–H and O–H groups in total. The van der Waals surface area contributed by atoms with Gasteiger partial charge in [0.25, 0.3) is 10.0 Å². The molecule has 0 aliphatic carbocycles. The summed E-state index contributed by atoms with van der Waals surface area (Å²) in [7, 11) is -2.72. The molecular weight excluding hydrogens is 627 g/mol. The Hall–Kier alpha value is -4.83. The molecule has 2 amide bonds. The molecule has 0 aliphatic heterocycles. The summed E-state index contributed by atoms with van der Waals surface area (Å²) >= 11 is 0. The van der Waals surface area contributed by atoms with Crippen molar-refractivity contribution in [3.8, 4) is 11.5 Å². The number of benzene rings is 4. The zero-order valence-corrected chi connectivity index (χ0v) is 29.3. The second-order valence-corrected chi connectivity index (χ2v) is 14.4. The van der Waals surface area contributed by atoms with Gasteiger partial charge in [-0.25, -0.2) is 8.42 Å². The molecule has 4 aromatic carbocycles. The summed E-state index contributed by atoms with van der Waals surface area (Å²) in [5.41, 5.74) is 2.08. The summed E-state index contributed by atoms with van der Waals surface area (Å²) in [5, 5.41) is 3.05. The van der Waals surface area contributed by atoms with E-state index in [0.717, 1.165) is 15.4 Å². The van der Waals surface area contributed by atoms with E-state index in [2.05, 4.69) is 5.32 Å². The van der Waals surface area contributed by atoms with Crippen molar-refractivity contribution in [3.05, 3.63) is 120 Å². The van der Waals surface area contributed by atoms with Gasteiger partial charge in [0, 0.05) is 18.5 Å². The highest BCUT2D eigenvalue weighted by atomic mass is 32.2. The molecule has 0 heterocycles. The number of aryl methyl sites for hydroxylation is 1. The lowest BCUT2D eigenvalue weighted by atomic mass is 10.0. The molecule has 0 aromatic heterocycles. The molecular formula is C38H45N3O6S. The van der Waals surface area contributed by atoms with Crippen molar-refractivity contribution in [2.45, 2.75) is 64.1 Å². The maximum Gasteiger partial charge on any atom is 0.264 e. The van der Waals surface area contributed by atoms with Crippen molar-refractivity contribution in [3.63, 3.8) is 0 Å². The van der Waals surface area contributed by atoms with E-state index in [4.69, 9.17) is 9.47 Å². The Morgan fingerprint density at radius 3 is 2.15 bits per heavy atom. The highest BCUT2D eigenvalue weighted by Crippen LogP contribution is 2.33. The van der Waals surface area contributed by atoms with Gasteiger partial charge in [-0.05, 0) is 82.1 Å². The van der Waals surface area contributed by atoms with Crippen molar-refractivity contribution >= 4 is 27.5 Å². The number of amides is 2.